The van der Waals surface area contributed by atoms with E-state index in [1.807, 2.05) is 38.1 Å². The minimum atomic E-state index is -3.57. The molecule has 0 saturated carbocycles. The van der Waals surface area contributed by atoms with E-state index >= 15 is 0 Å². The predicted octanol–water partition coefficient (Wildman–Crippen LogP) is 2.82. The van der Waals surface area contributed by atoms with Crippen LogP contribution >= 0.6 is 0 Å². The van der Waals surface area contributed by atoms with Gasteiger partial charge in [0.25, 0.3) is 5.91 Å². The Morgan fingerprint density at radius 3 is 2.11 bits per heavy atom. The highest BCUT2D eigenvalue weighted by molar-refractivity contribution is 7.90. The Morgan fingerprint density at radius 1 is 1.04 bits per heavy atom. The van der Waals surface area contributed by atoms with Crippen LogP contribution in [0.5, 0.6) is 5.75 Å². The lowest BCUT2D eigenvalue weighted by atomic mass is 10.1. The first-order chi connectivity index (χ1) is 13.2. The van der Waals surface area contributed by atoms with Crippen LogP contribution < -0.4 is 14.4 Å². The molecule has 7 nitrogen and oxygen atoms in total. The lowest BCUT2D eigenvalue weighted by Crippen LogP contribution is -2.37. The van der Waals surface area contributed by atoms with E-state index in [1.54, 1.807) is 24.3 Å². The summed E-state index contributed by atoms with van der Waals surface area (Å²) in [6, 6.07) is 13.8. The first-order valence-corrected chi connectivity index (χ1v) is 10.4. The molecule has 0 unspecified atom stereocenters. The summed E-state index contributed by atoms with van der Waals surface area (Å²) in [5.41, 5.74) is 1.90. The van der Waals surface area contributed by atoms with E-state index in [2.05, 4.69) is 5.32 Å². The zero-order valence-corrected chi connectivity index (χ0v) is 17.7. The van der Waals surface area contributed by atoms with Gasteiger partial charge in [0, 0.05) is 26.7 Å². The average Bonchev–Trinajstić information content (AvgIpc) is 2.68. The van der Waals surface area contributed by atoms with Crippen molar-refractivity contribution in [3.8, 4) is 5.75 Å². The molecule has 0 aliphatic carbocycles. The third-order valence-electron chi connectivity index (χ3n) is 4.34. The van der Waals surface area contributed by atoms with Gasteiger partial charge in [-0.15, -0.1) is 0 Å². The Bertz CT molecular complexity index is 894. The van der Waals surface area contributed by atoms with Crippen molar-refractivity contribution in [1.29, 1.82) is 0 Å². The first-order valence-electron chi connectivity index (χ1n) is 8.97. The average molecular weight is 406 g/mol. The normalized spacial score (nSPS) is 12.5. The molecule has 2 aromatic carbocycles. The third kappa shape index (κ3) is 5.02. The maximum Gasteiger partial charge on any atom is 0.303 e. The van der Waals surface area contributed by atoms with Gasteiger partial charge in [0.2, 0.25) is 0 Å². The molecule has 0 aromatic heterocycles. The number of benzene rings is 2. The van der Waals surface area contributed by atoms with Gasteiger partial charge in [-0.1, -0.05) is 12.1 Å². The molecule has 1 N–H and O–H groups in total. The molecular weight excluding hydrogens is 378 g/mol. The quantitative estimate of drug-likeness (QED) is 0.732. The van der Waals surface area contributed by atoms with Gasteiger partial charge in [0.1, 0.15) is 5.75 Å². The SMILES string of the molecule is CCOc1ccc([C@H](C)NC(=O)c2ccc(N(C)S(=O)(=O)N(C)C)cc2)cc1. The summed E-state index contributed by atoms with van der Waals surface area (Å²) < 4.78 is 32.1. The summed E-state index contributed by atoms with van der Waals surface area (Å²) in [4.78, 5) is 12.5. The van der Waals surface area contributed by atoms with Crippen LogP contribution in [0.1, 0.15) is 35.8 Å². The molecule has 1 amide bonds. The maximum atomic E-state index is 12.5. The smallest absolute Gasteiger partial charge is 0.303 e. The van der Waals surface area contributed by atoms with Crippen molar-refractivity contribution in [2.45, 2.75) is 19.9 Å². The van der Waals surface area contributed by atoms with Gasteiger partial charge < -0.3 is 10.1 Å². The molecule has 152 valence electrons. The van der Waals surface area contributed by atoms with E-state index in [-0.39, 0.29) is 11.9 Å². The summed E-state index contributed by atoms with van der Waals surface area (Å²) >= 11 is 0. The van der Waals surface area contributed by atoms with Gasteiger partial charge in [-0.05, 0) is 55.8 Å². The van der Waals surface area contributed by atoms with Crippen molar-refractivity contribution < 1.29 is 17.9 Å². The number of amides is 1. The number of carbonyl (C=O) groups is 1. The molecule has 0 heterocycles. The van der Waals surface area contributed by atoms with Crippen molar-refractivity contribution in [2.75, 3.05) is 32.1 Å². The van der Waals surface area contributed by atoms with E-state index in [0.717, 1.165) is 19.9 Å². The molecule has 28 heavy (non-hydrogen) atoms. The van der Waals surface area contributed by atoms with Crippen molar-refractivity contribution in [2.24, 2.45) is 0 Å². The Kier molecular flexibility index (Phi) is 7.04. The second-order valence-electron chi connectivity index (χ2n) is 6.50. The monoisotopic (exact) mass is 405 g/mol. The highest BCUT2D eigenvalue weighted by Gasteiger charge is 2.21. The fourth-order valence-corrected chi connectivity index (χ4v) is 3.46. The van der Waals surface area contributed by atoms with Gasteiger partial charge in [-0.25, -0.2) is 0 Å². The number of anilines is 1. The van der Waals surface area contributed by atoms with Crippen LogP contribution in [0.25, 0.3) is 0 Å². The van der Waals surface area contributed by atoms with E-state index in [4.69, 9.17) is 4.74 Å². The van der Waals surface area contributed by atoms with Crippen molar-refractivity contribution in [3.63, 3.8) is 0 Å². The molecule has 0 radical (unpaired) electrons. The number of carbonyl (C=O) groups excluding carboxylic acids is 1. The summed E-state index contributed by atoms with van der Waals surface area (Å²) in [5.74, 6) is 0.559. The van der Waals surface area contributed by atoms with Crippen LogP contribution in [0.2, 0.25) is 0 Å². The Hall–Kier alpha value is -2.58. The molecule has 0 spiro atoms. The number of hydrogen-bond acceptors (Lipinski definition) is 4. The molecule has 0 bridgehead atoms. The van der Waals surface area contributed by atoms with Gasteiger partial charge in [0.05, 0.1) is 18.3 Å². The third-order valence-corrected chi connectivity index (χ3v) is 6.17. The molecule has 0 aliphatic heterocycles. The van der Waals surface area contributed by atoms with Crippen molar-refractivity contribution >= 4 is 21.8 Å². The van der Waals surface area contributed by atoms with Crippen molar-refractivity contribution in [3.05, 3.63) is 59.7 Å². The fraction of sp³-hybridized carbons (Fsp3) is 0.350. The zero-order chi connectivity index (χ0) is 20.9. The van der Waals surface area contributed by atoms with Crippen LogP contribution in [-0.4, -0.2) is 46.4 Å². The predicted molar refractivity (Wildman–Crippen MR) is 111 cm³/mol. The van der Waals surface area contributed by atoms with Crippen LogP contribution in [0.15, 0.2) is 48.5 Å². The maximum absolute atomic E-state index is 12.5. The zero-order valence-electron chi connectivity index (χ0n) is 16.8. The fourth-order valence-electron chi connectivity index (χ4n) is 2.58. The number of nitrogens with one attached hydrogen (secondary N) is 1. The van der Waals surface area contributed by atoms with Gasteiger partial charge in [-0.2, -0.15) is 12.7 Å². The lowest BCUT2D eigenvalue weighted by Gasteiger charge is -2.23. The molecular formula is C20H27N3O4S. The summed E-state index contributed by atoms with van der Waals surface area (Å²) in [6.07, 6.45) is 0. The lowest BCUT2D eigenvalue weighted by molar-refractivity contribution is 0.0940. The Labute approximate surface area is 167 Å². The highest BCUT2D eigenvalue weighted by atomic mass is 32.2. The summed E-state index contributed by atoms with van der Waals surface area (Å²) in [5, 5.41) is 2.94. The van der Waals surface area contributed by atoms with E-state index in [9.17, 15) is 13.2 Å². The number of rotatable bonds is 8. The second kappa shape index (κ2) is 9.07. The summed E-state index contributed by atoms with van der Waals surface area (Å²) in [6.45, 7) is 4.43. The standard InChI is InChI=1S/C20H27N3O4S/c1-6-27-19-13-9-16(10-14-19)15(2)21-20(24)17-7-11-18(12-8-17)23(5)28(25,26)22(3)4/h7-15H,6H2,1-5H3,(H,21,24)/t15-/m0/s1. The van der Waals surface area contributed by atoms with Crippen molar-refractivity contribution in [1.82, 2.24) is 9.62 Å². The summed E-state index contributed by atoms with van der Waals surface area (Å²) in [7, 11) is 0.837. The minimum Gasteiger partial charge on any atom is -0.494 e. The van der Waals surface area contributed by atoms with E-state index < -0.39 is 10.2 Å². The minimum absolute atomic E-state index is 0.181. The van der Waals surface area contributed by atoms with Crippen LogP contribution in [0, 0.1) is 0 Å². The Morgan fingerprint density at radius 2 is 1.61 bits per heavy atom. The van der Waals surface area contributed by atoms with Gasteiger partial charge in [0.15, 0.2) is 0 Å². The van der Waals surface area contributed by atoms with Gasteiger partial charge in [-0.3, -0.25) is 9.10 Å². The molecule has 0 saturated heterocycles. The van der Waals surface area contributed by atoms with Crippen LogP contribution in [0.4, 0.5) is 5.69 Å². The van der Waals surface area contributed by atoms with Gasteiger partial charge >= 0.3 is 10.2 Å². The van der Waals surface area contributed by atoms with E-state index in [0.29, 0.717) is 17.9 Å². The largest absolute Gasteiger partial charge is 0.494 e. The highest BCUT2D eigenvalue weighted by Crippen LogP contribution is 2.20. The molecule has 2 rings (SSSR count). The Balaban J connectivity index is 2.06. The van der Waals surface area contributed by atoms with Crippen LogP contribution in [-0.2, 0) is 10.2 Å². The second-order valence-corrected chi connectivity index (χ2v) is 8.68. The number of ether oxygens (including phenoxy) is 1. The molecule has 1 atom stereocenters. The molecule has 2 aromatic rings. The number of nitrogens with zero attached hydrogens (tertiary/aromatic N) is 2. The molecule has 0 fully saturated rings. The van der Waals surface area contributed by atoms with Crippen LogP contribution in [0.3, 0.4) is 0 Å². The van der Waals surface area contributed by atoms with E-state index in [1.165, 1.54) is 21.1 Å². The number of hydrogen-bond donors (Lipinski definition) is 1. The molecule has 0 aliphatic rings. The molecule has 8 heteroatoms. The first kappa shape index (κ1) is 21.7. The topological polar surface area (TPSA) is 79.0 Å².